The maximum atomic E-state index is 14.6. The molecule has 2 atom stereocenters. The number of ether oxygens (including phenoxy) is 6. The van der Waals surface area contributed by atoms with Gasteiger partial charge in [-0.1, -0.05) is 29.4 Å². The smallest absolute Gasteiger partial charge is 0.306 e. The zero-order valence-electron chi connectivity index (χ0n) is 29.6. The highest BCUT2D eigenvalue weighted by molar-refractivity contribution is 6.01. The fourth-order valence-electron chi connectivity index (χ4n) is 5.45. The minimum absolute atomic E-state index is 0.00488. The molecule has 0 bridgehead atoms. The van der Waals surface area contributed by atoms with Gasteiger partial charge in [0.05, 0.1) is 33.5 Å². The molecule has 0 radical (unpaired) electrons. The van der Waals surface area contributed by atoms with E-state index in [-0.39, 0.29) is 37.6 Å². The lowest BCUT2D eigenvalue weighted by Crippen LogP contribution is -2.52. The fraction of sp³-hybridized carbons (Fsp3) is 0.417. The van der Waals surface area contributed by atoms with E-state index in [1.807, 2.05) is 0 Å². The summed E-state index contributed by atoms with van der Waals surface area (Å²) >= 11 is 0. The second-order valence-corrected chi connectivity index (χ2v) is 12.4. The number of hydrazine groups is 1. The molecule has 4 rings (SSSR count). The van der Waals surface area contributed by atoms with Crippen molar-refractivity contribution >= 4 is 23.5 Å². The van der Waals surface area contributed by atoms with Gasteiger partial charge in [-0.15, -0.1) is 0 Å². The number of benzene rings is 3. The van der Waals surface area contributed by atoms with Crippen molar-refractivity contribution in [1.29, 1.82) is 0 Å². The van der Waals surface area contributed by atoms with Crippen LogP contribution in [-0.4, -0.2) is 68.6 Å². The number of hydrogen-bond acceptors (Lipinski definition) is 12. The maximum Gasteiger partial charge on any atom is 0.306 e. The molecule has 1 amide bonds. The minimum Gasteiger partial charge on any atom is -0.496 e. The average Bonchev–Trinajstić information content (AvgIpc) is 3.51. The van der Waals surface area contributed by atoms with Crippen LogP contribution in [0.4, 0.5) is 5.69 Å². The number of nitrogens with zero attached hydrogens (tertiary/aromatic N) is 4. The Bertz CT molecular complexity index is 1730. The highest BCUT2D eigenvalue weighted by Crippen LogP contribution is 2.46. The molecule has 3 N–H and O–H groups in total. The molecule has 0 aliphatic carbocycles. The largest absolute Gasteiger partial charge is 0.496 e. The Hall–Kier alpha value is -5.50. The summed E-state index contributed by atoms with van der Waals surface area (Å²) in [6.45, 7) is 5.67. The summed E-state index contributed by atoms with van der Waals surface area (Å²) < 4.78 is 34.2. The Balaban J connectivity index is 1.77. The summed E-state index contributed by atoms with van der Waals surface area (Å²) in [5.41, 5.74) is 14.3. The van der Waals surface area contributed by atoms with Gasteiger partial charge in [-0.25, -0.2) is 10.4 Å². The molecule has 1 heterocycles. The molecule has 0 aromatic heterocycles. The lowest BCUT2D eigenvalue weighted by atomic mass is 9.83. The first-order chi connectivity index (χ1) is 24.5. The molecular weight excluding hydrogens is 660 g/mol. The molecule has 272 valence electrons. The number of amides is 1. The third-order valence-corrected chi connectivity index (χ3v) is 7.82. The Morgan fingerprint density at radius 2 is 1.71 bits per heavy atom. The van der Waals surface area contributed by atoms with Crippen molar-refractivity contribution in [2.45, 2.75) is 63.8 Å². The standard InChI is InChI=1S/C36H44N6O9/c1-35(2,3)51-31(44)16-17-36(34(45)41-38-22-27-29(47-5)20-25(46-4)21-30(27)48-6)32(26-10-7-8-11-28(26)40-42-37)50-33(39-36)23-12-14-24(15-13-23)49-19-9-18-43/h7-8,10-15,20-21,32,38,43H,9,16-19,22H2,1-6H3,(H,41,45)/t32-,36-/m0/s1. The number of esters is 1. The van der Waals surface area contributed by atoms with Crippen LogP contribution in [0.3, 0.4) is 0 Å². The summed E-state index contributed by atoms with van der Waals surface area (Å²) in [7, 11) is 4.54. The van der Waals surface area contributed by atoms with Crippen molar-refractivity contribution in [3.05, 3.63) is 87.8 Å². The molecule has 0 saturated heterocycles. The predicted octanol–water partition coefficient (Wildman–Crippen LogP) is 5.62. The van der Waals surface area contributed by atoms with Crippen LogP contribution in [0.1, 0.15) is 62.8 Å². The topological polar surface area (TPSA) is 195 Å². The summed E-state index contributed by atoms with van der Waals surface area (Å²) in [5.74, 6) is 0.967. The molecule has 0 saturated carbocycles. The number of nitrogens with one attached hydrogen (secondary N) is 2. The first-order valence-electron chi connectivity index (χ1n) is 16.3. The molecule has 0 unspecified atom stereocenters. The van der Waals surface area contributed by atoms with E-state index in [0.717, 1.165) is 0 Å². The molecular formula is C36H44N6O9. The number of azide groups is 1. The summed E-state index contributed by atoms with van der Waals surface area (Å²) in [6.07, 6.45) is -0.983. The van der Waals surface area contributed by atoms with Gasteiger partial charge in [0, 0.05) is 59.9 Å². The number of aliphatic hydroxyl groups is 1. The molecule has 0 fully saturated rings. The molecule has 15 heteroatoms. The van der Waals surface area contributed by atoms with Crippen LogP contribution < -0.4 is 29.8 Å². The van der Waals surface area contributed by atoms with Crippen LogP contribution >= 0.6 is 0 Å². The van der Waals surface area contributed by atoms with E-state index in [1.54, 1.807) is 81.4 Å². The van der Waals surface area contributed by atoms with E-state index >= 15 is 0 Å². The predicted molar refractivity (Wildman–Crippen MR) is 188 cm³/mol. The van der Waals surface area contributed by atoms with Gasteiger partial charge in [-0.05, 0) is 57.0 Å². The number of methoxy groups -OCH3 is 3. The normalized spacial score (nSPS) is 16.6. The first kappa shape index (κ1) is 38.3. The van der Waals surface area contributed by atoms with Crippen molar-refractivity contribution in [2.75, 3.05) is 34.5 Å². The fourth-order valence-corrected chi connectivity index (χ4v) is 5.45. The van der Waals surface area contributed by atoms with Crippen molar-refractivity contribution in [2.24, 2.45) is 10.1 Å². The van der Waals surface area contributed by atoms with E-state index in [4.69, 9.17) is 38.5 Å². The SMILES string of the molecule is COc1cc(OC)c(CNNC(=O)[C@@]2(CCC(=O)OC(C)(C)C)N=C(c3ccc(OCCCO)cc3)O[C@H]2c2ccccc2N=[N+]=[N-])c(OC)c1. The molecule has 15 nitrogen and oxygen atoms in total. The number of aliphatic imine (C=N–C) groups is 1. The van der Waals surface area contributed by atoms with Crippen molar-refractivity contribution in [1.82, 2.24) is 10.9 Å². The Morgan fingerprint density at radius 1 is 1.02 bits per heavy atom. The van der Waals surface area contributed by atoms with E-state index in [1.165, 1.54) is 21.3 Å². The van der Waals surface area contributed by atoms with Crippen molar-refractivity contribution < 1.29 is 43.1 Å². The second-order valence-electron chi connectivity index (χ2n) is 12.4. The minimum atomic E-state index is -1.76. The lowest BCUT2D eigenvalue weighted by Gasteiger charge is -2.31. The summed E-state index contributed by atoms with van der Waals surface area (Å²) in [4.78, 5) is 35.5. The van der Waals surface area contributed by atoms with Crippen LogP contribution in [0.25, 0.3) is 10.4 Å². The van der Waals surface area contributed by atoms with E-state index in [0.29, 0.717) is 52.7 Å². The number of hydrogen-bond donors (Lipinski definition) is 3. The summed E-state index contributed by atoms with van der Waals surface area (Å²) in [6, 6.07) is 17.0. The molecule has 1 aliphatic rings. The van der Waals surface area contributed by atoms with Crippen molar-refractivity contribution in [3.8, 4) is 23.0 Å². The monoisotopic (exact) mass is 704 g/mol. The van der Waals surface area contributed by atoms with Gasteiger partial charge < -0.3 is 33.5 Å². The highest BCUT2D eigenvalue weighted by Gasteiger charge is 2.54. The number of carbonyl (C=O) groups is 2. The second kappa shape index (κ2) is 17.4. The van der Waals surface area contributed by atoms with E-state index < -0.39 is 29.1 Å². The third kappa shape index (κ3) is 9.60. The first-order valence-corrected chi connectivity index (χ1v) is 16.3. The Morgan fingerprint density at radius 3 is 2.31 bits per heavy atom. The number of rotatable bonds is 17. The molecule has 3 aromatic carbocycles. The van der Waals surface area contributed by atoms with Gasteiger partial charge in [0.1, 0.15) is 28.6 Å². The quantitative estimate of drug-likeness (QED) is 0.0397. The maximum absolute atomic E-state index is 14.6. The molecule has 0 spiro atoms. The van der Waals surface area contributed by atoms with E-state index in [9.17, 15) is 15.1 Å². The van der Waals surface area contributed by atoms with Crippen LogP contribution in [-0.2, 0) is 25.6 Å². The Labute approximate surface area is 296 Å². The Kier molecular flexibility index (Phi) is 13.1. The zero-order valence-corrected chi connectivity index (χ0v) is 29.6. The zero-order chi connectivity index (χ0) is 37.0. The third-order valence-electron chi connectivity index (χ3n) is 7.82. The molecule has 1 aliphatic heterocycles. The van der Waals surface area contributed by atoms with Gasteiger partial charge in [-0.2, -0.15) is 0 Å². The van der Waals surface area contributed by atoms with Crippen LogP contribution in [0, 0.1) is 0 Å². The van der Waals surface area contributed by atoms with Crippen LogP contribution in [0.15, 0.2) is 70.8 Å². The van der Waals surface area contributed by atoms with Gasteiger partial charge in [0.15, 0.2) is 11.6 Å². The molecule has 51 heavy (non-hydrogen) atoms. The van der Waals surface area contributed by atoms with Gasteiger partial charge >= 0.3 is 5.97 Å². The van der Waals surface area contributed by atoms with Crippen LogP contribution in [0.2, 0.25) is 0 Å². The van der Waals surface area contributed by atoms with Crippen LogP contribution in [0.5, 0.6) is 23.0 Å². The average molecular weight is 705 g/mol. The molecule has 3 aromatic rings. The van der Waals surface area contributed by atoms with Gasteiger partial charge in [0.25, 0.3) is 5.91 Å². The number of carbonyl (C=O) groups excluding carboxylic acids is 2. The van der Waals surface area contributed by atoms with Gasteiger partial charge in [0.2, 0.25) is 5.90 Å². The van der Waals surface area contributed by atoms with E-state index in [2.05, 4.69) is 20.9 Å². The lowest BCUT2D eigenvalue weighted by molar-refractivity contribution is -0.155. The summed E-state index contributed by atoms with van der Waals surface area (Å²) in [5, 5.41) is 12.9. The van der Waals surface area contributed by atoms with Gasteiger partial charge in [-0.3, -0.25) is 15.0 Å². The number of aliphatic hydroxyl groups excluding tert-OH is 1. The van der Waals surface area contributed by atoms with Crippen molar-refractivity contribution in [3.63, 3.8) is 0 Å². The highest BCUT2D eigenvalue weighted by atomic mass is 16.6.